The lowest BCUT2D eigenvalue weighted by Crippen LogP contribution is -2.32. The van der Waals surface area contributed by atoms with Gasteiger partial charge in [0.1, 0.15) is 0 Å². The summed E-state index contributed by atoms with van der Waals surface area (Å²) in [5.41, 5.74) is 1.94. The first-order valence-electron chi connectivity index (χ1n) is 12.4. The summed E-state index contributed by atoms with van der Waals surface area (Å²) in [7, 11) is -0.593. The van der Waals surface area contributed by atoms with Crippen molar-refractivity contribution in [1.82, 2.24) is 14.9 Å². The van der Waals surface area contributed by atoms with E-state index >= 15 is 0 Å². The van der Waals surface area contributed by atoms with Gasteiger partial charge in [-0.15, -0.1) is 0 Å². The molecule has 0 fully saturated rings. The van der Waals surface area contributed by atoms with Gasteiger partial charge in [-0.05, 0) is 47.2 Å². The summed E-state index contributed by atoms with van der Waals surface area (Å²) in [6.45, 7) is 1.89. The van der Waals surface area contributed by atoms with Gasteiger partial charge in [0, 0.05) is 38.0 Å². The van der Waals surface area contributed by atoms with Crippen LogP contribution in [-0.2, 0) is 26.2 Å². The largest absolute Gasteiger partial charge is 0.345 e. The molecule has 0 heterocycles. The summed E-state index contributed by atoms with van der Waals surface area (Å²) >= 11 is 0. The smallest absolute Gasteiger partial charge is 0.301 e. The number of benzene rings is 3. The quantitative estimate of drug-likeness (QED) is 0.175. The summed E-state index contributed by atoms with van der Waals surface area (Å²) in [6, 6.07) is 20.5. The molecular weight excluding hydrogens is 514 g/mol. The van der Waals surface area contributed by atoms with Crippen molar-refractivity contribution in [3.63, 3.8) is 0 Å². The lowest BCUT2D eigenvalue weighted by atomic mass is 9.99. The molecule has 0 saturated heterocycles. The Bertz CT molecular complexity index is 1560. The Labute approximate surface area is 229 Å². The van der Waals surface area contributed by atoms with Gasteiger partial charge in [0.05, 0.1) is 6.04 Å². The summed E-state index contributed by atoms with van der Waals surface area (Å²) in [5, 5.41) is 8.76. The van der Waals surface area contributed by atoms with Crippen molar-refractivity contribution >= 4 is 38.4 Å². The number of rotatable bonds is 10. The molecule has 0 aliphatic heterocycles. The minimum atomic E-state index is -3.44. The van der Waals surface area contributed by atoms with E-state index in [0.717, 1.165) is 26.0 Å². The van der Waals surface area contributed by atoms with Crippen LogP contribution in [0.5, 0.6) is 0 Å². The van der Waals surface area contributed by atoms with E-state index in [2.05, 4.69) is 22.5 Å². The maximum Gasteiger partial charge on any atom is 0.301 e. The number of hydrogen-bond acceptors (Lipinski definition) is 5. The van der Waals surface area contributed by atoms with Gasteiger partial charge >= 0.3 is 5.91 Å². The van der Waals surface area contributed by atoms with Gasteiger partial charge < -0.3 is 10.6 Å². The molecule has 0 unspecified atom stereocenters. The average Bonchev–Trinajstić information content (AvgIpc) is 2.93. The van der Waals surface area contributed by atoms with Crippen LogP contribution < -0.4 is 10.6 Å². The van der Waals surface area contributed by atoms with E-state index in [9.17, 15) is 22.8 Å². The number of hydrogen-bond donors (Lipinski definition) is 2. The van der Waals surface area contributed by atoms with E-state index in [1.165, 1.54) is 20.2 Å². The standard InChI is InChI=1S/C30H31N3O5S/c1-22(25-18-12-15-23-13-7-9-16-26(23)25)32-29(35)27-17-10-8-14-24(27)21-31-30(36)28(34)19-6-4-5-11-20-39(37,38)33(2)3/h7-18,20,22H,4-5,21H2,1-3H3,(H,31,36)(H,32,35)/b20-11+/t22-/m1/s1. The Balaban J connectivity index is 1.57. The van der Waals surface area contributed by atoms with Gasteiger partial charge in [-0.1, -0.05) is 72.7 Å². The molecule has 2 amide bonds. The summed E-state index contributed by atoms with van der Waals surface area (Å²) in [4.78, 5) is 37.5. The number of amides is 2. The molecule has 39 heavy (non-hydrogen) atoms. The lowest BCUT2D eigenvalue weighted by Gasteiger charge is -2.18. The summed E-state index contributed by atoms with van der Waals surface area (Å²) in [5.74, 6) is 2.75. The highest BCUT2D eigenvalue weighted by Crippen LogP contribution is 2.24. The molecule has 0 bridgehead atoms. The molecule has 0 aliphatic carbocycles. The molecule has 1 atom stereocenters. The molecule has 0 radical (unpaired) electrons. The molecule has 3 rings (SSSR count). The Morgan fingerprint density at radius 3 is 2.44 bits per heavy atom. The maximum atomic E-state index is 13.1. The molecule has 202 valence electrons. The average molecular weight is 546 g/mol. The fourth-order valence-electron chi connectivity index (χ4n) is 3.80. The number of nitrogens with one attached hydrogen (secondary N) is 2. The molecule has 0 aliphatic rings. The third-order valence-corrected chi connectivity index (χ3v) is 7.51. The number of nitrogens with zero attached hydrogens (tertiary/aromatic N) is 1. The monoisotopic (exact) mass is 545 g/mol. The van der Waals surface area contributed by atoms with Crippen LogP contribution in [0.2, 0.25) is 0 Å². The van der Waals surface area contributed by atoms with Gasteiger partial charge in [0.2, 0.25) is 10.0 Å². The second-order valence-corrected chi connectivity index (χ2v) is 11.0. The molecule has 8 nitrogen and oxygen atoms in total. The first-order valence-corrected chi connectivity index (χ1v) is 13.9. The Morgan fingerprint density at radius 2 is 1.67 bits per heavy atom. The van der Waals surface area contributed by atoms with Crippen LogP contribution in [0.15, 0.2) is 78.2 Å². The van der Waals surface area contributed by atoms with E-state index in [1.807, 2.05) is 49.4 Å². The predicted octanol–water partition coefficient (Wildman–Crippen LogP) is 3.70. The van der Waals surface area contributed by atoms with Crippen molar-refractivity contribution in [2.75, 3.05) is 14.1 Å². The van der Waals surface area contributed by atoms with E-state index in [4.69, 9.17) is 0 Å². The van der Waals surface area contributed by atoms with Gasteiger partial charge in [-0.25, -0.2) is 12.7 Å². The Hall–Kier alpha value is -4.26. The first kappa shape index (κ1) is 29.3. The van der Waals surface area contributed by atoms with Crippen molar-refractivity contribution < 1.29 is 22.8 Å². The van der Waals surface area contributed by atoms with Crippen molar-refractivity contribution in [2.45, 2.75) is 32.4 Å². The van der Waals surface area contributed by atoms with E-state index in [1.54, 1.807) is 24.3 Å². The van der Waals surface area contributed by atoms with Crippen molar-refractivity contribution in [1.29, 1.82) is 0 Å². The zero-order valence-electron chi connectivity index (χ0n) is 22.1. The van der Waals surface area contributed by atoms with E-state index in [0.29, 0.717) is 17.5 Å². The topological polar surface area (TPSA) is 113 Å². The molecule has 3 aromatic rings. The fourth-order valence-corrected chi connectivity index (χ4v) is 4.42. The first-order chi connectivity index (χ1) is 18.6. The van der Waals surface area contributed by atoms with Crippen LogP contribution in [-0.4, -0.2) is 44.4 Å². The number of fused-ring (bicyclic) bond motifs is 1. The molecule has 0 spiro atoms. The zero-order valence-corrected chi connectivity index (χ0v) is 22.9. The number of carbonyl (C=O) groups is 3. The number of ketones is 1. The van der Waals surface area contributed by atoms with Crippen LogP contribution in [0.4, 0.5) is 0 Å². The van der Waals surface area contributed by atoms with Crippen LogP contribution in [0.3, 0.4) is 0 Å². The van der Waals surface area contributed by atoms with Crippen LogP contribution in [0, 0.1) is 11.8 Å². The second kappa shape index (κ2) is 13.5. The highest BCUT2D eigenvalue weighted by atomic mass is 32.2. The molecular formula is C30H31N3O5S. The normalized spacial score (nSPS) is 12.1. The molecule has 0 saturated carbocycles. The highest BCUT2D eigenvalue weighted by Gasteiger charge is 2.17. The highest BCUT2D eigenvalue weighted by molar-refractivity contribution is 7.92. The third kappa shape index (κ3) is 8.11. The molecule has 2 N–H and O–H groups in total. The van der Waals surface area contributed by atoms with Crippen LogP contribution in [0.25, 0.3) is 10.8 Å². The van der Waals surface area contributed by atoms with Gasteiger partial charge in [-0.2, -0.15) is 0 Å². The SMILES string of the molecule is C[C@@H](NC(=O)c1ccccc1CNC(=O)C(=O)C#CCC/C=C/S(=O)(=O)N(C)C)c1cccc2ccccc12. The predicted molar refractivity (Wildman–Crippen MR) is 152 cm³/mol. The van der Waals surface area contributed by atoms with Crippen LogP contribution >= 0.6 is 0 Å². The number of unbranched alkanes of at least 4 members (excludes halogenated alkanes) is 1. The van der Waals surface area contributed by atoms with Gasteiger partial charge in [0.15, 0.2) is 0 Å². The Kier molecular flexibility index (Phi) is 10.1. The fraction of sp³-hybridized carbons (Fsp3) is 0.233. The number of Topliss-reactive ketones (excluding diaryl/α,β-unsaturated/α-hetero) is 1. The number of carbonyl (C=O) groups excluding carboxylic acids is 3. The van der Waals surface area contributed by atoms with Gasteiger partial charge in [0.25, 0.3) is 11.7 Å². The van der Waals surface area contributed by atoms with Crippen molar-refractivity contribution in [2.24, 2.45) is 0 Å². The lowest BCUT2D eigenvalue weighted by molar-refractivity contribution is -0.134. The Morgan fingerprint density at radius 1 is 0.974 bits per heavy atom. The molecule has 0 aromatic heterocycles. The van der Waals surface area contributed by atoms with Crippen molar-refractivity contribution in [3.8, 4) is 11.8 Å². The van der Waals surface area contributed by atoms with E-state index in [-0.39, 0.29) is 24.9 Å². The van der Waals surface area contributed by atoms with Crippen LogP contribution in [0.1, 0.15) is 47.3 Å². The number of allylic oxidation sites excluding steroid dienone is 1. The molecule has 9 heteroatoms. The zero-order chi connectivity index (χ0) is 28.4. The summed E-state index contributed by atoms with van der Waals surface area (Å²) < 4.78 is 24.4. The van der Waals surface area contributed by atoms with Crippen molar-refractivity contribution in [3.05, 3.63) is 94.9 Å². The minimum absolute atomic E-state index is 0.0242. The second-order valence-electron chi connectivity index (χ2n) is 8.97. The summed E-state index contributed by atoms with van der Waals surface area (Å²) in [6.07, 6.45) is 1.97. The molecule has 3 aromatic carbocycles. The van der Waals surface area contributed by atoms with Gasteiger partial charge in [-0.3, -0.25) is 14.4 Å². The maximum absolute atomic E-state index is 13.1. The number of sulfonamides is 1. The minimum Gasteiger partial charge on any atom is -0.345 e. The van der Waals surface area contributed by atoms with E-state index < -0.39 is 21.7 Å². The third-order valence-electron chi connectivity index (χ3n) is 5.96.